The summed E-state index contributed by atoms with van der Waals surface area (Å²) in [5.41, 5.74) is 0.767. The normalized spacial score (nSPS) is 26.7. The third kappa shape index (κ3) is 1.25. The molecule has 0 bridgehead atoms. The van der Waals surface area contributed by atoms with Gasteiger partial charge in [-0.2, -0.15) is 0 Å². The number of aliphatic hydroxyl groups is 2. The van der Waals surface area contributed by atoms with E-state index >= 15 is 0 Å². The van der Waals surface area contributed by atoms with Crippen LogP contribution in [-0.2, 0) is 12.0 Å². The molecular formula is C13H18O2. The molecule has 2 rings (SSSR count). The maximum Gasteiger partial charge on any atom is 0.101 e. The van der Waals surface area contributed by atoms with E-state index in [9.17, 15) is 10.2 Å². The summed E-state index contributed by atoms with van der Waals surface area (Å²) in [6, 6.07) is 7.89. The Kier molecular flexibility index (Phi) is 2.18. The van der Waals surface area contributed by atoms with Crippen LogP contribution in [0.2, 0.25) is 0 Å². The van der Waals surface area contributed by atoms with Gasteiger partial charge in [0.25, 0.3) is 0 Å². The summed E-state index contributed by atoms with van der Waals surface area (Å²) in [7, 11) is 0. The Morgan fingerprint density at radius 2 is 1.93 bits per heavy atom. The first kappa shape index (κ1) is 10.7. The highest BCUT2D eigenvalue weighted by Crippen LogP contribution is 2.51. The van der Waals surface area contributed by atoms with Crippen LogP contribution in [0.3, 0.4) is 0 Å². The minimum Gasteiger partial charge on any atom is -0.393 e. The standard InChI is InChI=1S/C13H18O2/c1-9(14)12(2,3)13(15)8-10-6-4-5-7-11(10)13/h4-7,9,14-15H,8H2,1-3H3/t9-,13+/m0/s1. The van der Waals surface area contributed by atoms with Crippen LogP contribution < -0.4 is 0 Å². The summed E-state index contributed by atoms with van der Waals surface area (Å²) in [6.07, 6.45) is 0.108. The van der Waals surface area contributed by atoms with E-state index < -0.39 is 17.1 Å². The molecule has 82 valence electrons. The molecule has 0 saturated carbocycles. The van der Waals surface area contributed by atoms with E-state index in [1.54, 1.807) is 6.92 Å². The van der Waals surface area contributed by atoms with Crippen molar-refractivity contribution in [3.05, 3.63) is 35.4 Å². The van der Waals surface area contributed by atoms with E-state index in [0.717, 1.165) is 5.56 Å². The molecule has 0 amide bonds. The summed E-state index contributed by atoms with van der Waals surface area (Å²) in [6.45, 7) is 5.56. The van der Waals surface area contributed by atoms with Gasteiger partial charge in [0.2, 0.25) is 0 Å². The SMILES string of the molecule is C[C@H](O)C(C)(C)[C@@]1(O)Cc2ccccc21. The van der Waals surface area contributed by atoms with Crippen LogP contribution in [0.25, 0.3) is 0 Å². The van der Waals surface area contributed by atoms with E-state index in [1.165, 1.54) is 5.56 Å². The number of hydrogen-bond acceptors (Lipinski definition) is 2. The van der Waals surface area contributed by atoms with E-state index in [1.807, 2.05) is 38.1 Å². The van der Waals surface area contributed by atoms with E-state index in [2.05, 4.69) is 0 Å². The molecule has 0 spiro atoms. The lowest BCUT2D eigenvalue weighted by Gasteiger charge is -2.51. The molecule has 1 aromatic carbocycles. The molecule has 1 aliphatic rings. The number of hydrogen-bond donors (Lipinski definition) is 2. The van der Waals surface area contributed by atoms with Crippen molar-refractivity contribution in [1.82, 2.24) is 0 Å². The quantitative estimate of drug-likeness (QED) is 0.775. The Hall–Kier alpha value is -0.860. The van der Waals surface area contributed by atoms with E-state index in [-0.39, 0.29) is 0 Å². The van der Waals surface area contributed by atoms with Crippen molar-refractivity contribution in [3.63, 3.8) is 0 Å². The Morgan fingerprint density at radius 1 is 1.33 bits per heavy atom. The third-order valence-electron chi connectivity index (χ3n) is 4.02. The first-order valence-corrected chi connectivity index (χ1v) is 5.38. The monoisotopic (exact) mass is 206 g/mol. The van der Waals surface area contributed by atoms with Gasteiger partial charge >= 0.3 is 0 Å². The average Bonchev–Trinajstić information content (AvgIpc) is 2.15. The lowest BCUT2D eigenvalue weighted by atomic mass is 9.58. The van der Waals surface area contributed by atoms with Crippen molar-refractivity contribution in [2.45, 2.75) is 38.9 Å². The van der Waals surface area contributed by atoms with Crippen molar-refractivity contribution < 1.29 is 10.2 Å². The van der Waals surface area contributed by atoms with Gasteiger partial charge in [0.05, 0.1) is 6.10 Å². The zero-order chi connectivity index (χ0) is 11.3. The predicted molar refractivity (Wildman–Crippen MR) is 59.5 cm³/mol. The van der Waals surface area contributed by atoms with E-state index in [4.69, 9.17) is 0 Å². The van der Waals surface area contributed by atoms with Gasteiger partial charge in [-0.1, -0.05) is 38.1 Å². The molecule has 1 aliphatic carbocycles. The molecule has 2 atom stereocenters. The van der Waals surface area contributed by atoms with Gasteiger partial charge in [-0.05, 0) is 18.1 Å². The van der Waals surface area contributed by atoms with Crippen molar-refractivity contribution in [2.75, 3.05) is 0 Å². The highest BCUT2D eigenvalue weighted by molar-refractivity contribution is 5.44. The summed E-state index contributed by atoms with van der Waals surface area (Å²) in [5, 5.41) is 20.3. The predicted octanol–water partition coefficient (Wildman–Crippen LogP) is 1.84. The van der Waals surface area contributed by atoms with Crippen molar-refractivity contribution >= 4 is 0 Å². The second kappa shape index (κ2) is 3.06. The minimum absolute atomic E-state index is 0.513. The van der Waals surface area contributed by atoms with Gasteiger partial charge in [0.15, 0.2) is 0 Å². The van der Waals surface area contributed by atoms with Crippen molar-refractivity contribution in [3.8, 4) is 0 Å². The molecule has 0 fully saturated rings. The first-order chi connectivity index (χ1) is 6.89. The van der Waals surface area contributed by atoms with Crippen LogP contribution in [0, 0.1) is 5.41 Å². The lowest BCUT2D eigenvalue weighted by Crippen LogP contribution is -2.55. The first-order valence-electron chi connectivity index (χ1n) is 5.38. The Morgan fingerprint density at radius 3 is 2.47 bits per heavy atom. The number of rotatable bonds is 2. The van der Waals surface area contributed by atoms with Crippen molar-refractivity contribution in [1.29, 1.82) is 0 Å². The van der Waals surface area contributed by atoms with Crippen LogP contribution in [0.1, 0.15) is 31.9 Å². The van der Waals surface area contributed by atoms with Gasteiger partial charge in [0, 0.05) is 11.8 Å². The van der Waals surface area contributed by atoms with Gasteiger partial charge in [-0.3, -0.25) is 0 Å². The second-order valence-electron chi connectivity index (χ2n) is 5.09. The van der Waals surface area contributed by atoms with Crippen LogP contribution >= 0.6 is 0 Å². The molecule has 0 saturated heterocycles. The number of benzene rings is 1. The molecule has 0 radical (unpaired) electrons. The molecule has 2 N–H and O–H groups in total. The van der Waals surface area contributed by atoms with E-state index in [0.29, 0.717) is 6.42 Å². The fourth-order valence-corrected chi connectivity index (χ4v) is 2.26. The minimum atomic E-state index is -0.877. The third-order valence-corrected chi connectivity index (χ3v) is 4.02. The van der Waals surface area contributed by atoms with Crippen LogP contribution in [-0.4, -0.2) is 16.3 Å². The zero-order valence-corrected chi connectivity index (χ0v) is 9.49. The fourth-order valence-electron chi connectivity index (χ4n) is 2.26. The van der Waals surface area contributed by atoms with Crippen LogP contribution in [0.15, 0.2) is 24.3 Å². The molecule has 1 aromatic rings. The molecule has 0 aromatic heterocycles. The fraction of sp³-hybridized carbons (Fsp3) is 0.538. The van der Waals surface area contributed by atoms with Gasteiger partial charge in [-0.25, -0.2) is 0 Å². The van der Waals surface area contributed by atoms with Gasteiger partial charge in [-0.15, -0.1) is 0 Å². The van der Waals surface area contributed by atoms with Gasteiger partial charge < -0.3 is 10.2 Å². The molecule has 0 aliphatic heterocycles. The molecule has 2 heteroatoms. The van der Waals surface area contributed by atoms with Gasteiger partial charge in [0.1, 0.15) is 5.60 Å². The van der Waals surface area contributed by atoms with Crippen LogP contribution in [0.4, 0.5) is 0 Å². The Labute approximate surface area is 90.6 Å². The molecule has 15 heavy (non-hydrogen) atoms. The van der Waals surface area contributed by atoms with Crippen LogP contribution in [0.5, 0.6) is 0 Å². The molecule has 2 nitrogen and oxygen atoms in total. The summed E-state index contributed by atoms with van der Waals surface area (Å²) < 4.78 is 0. The zero-order valence-electron chi connectivity index (χ0n) is 9.49. The number of aliphatic hydroxyl groups excluding tert-OH is 1. The Bertz CT molecular complexity index is 382. The lowest BCUT2D eigenvalue weighted by molar-refractivity contribution is -0.141. The summed E-state index contributed by atoms with van der Waals surface area (Å²) in [4.78, 5) is 0. The molecule has 0 heterocycles. The number of fused-ring (bicyclic) bond motifs is 1. The second-order valence-corrected chi connectivity index (χ2v) is 5.09. The maximum atomic E-state index is 10.6. The van der Waals surface area contributed by atoms with Crippen molar-refractivity contribution in [2.24, 2.45) is 5.41 Å². The summed E-state index contributed by atoms with van der Waals surface area (Å²) >= 11 is 0. The highest BCUT2D eigenvalue weighted by Gasteiger charge is 2.53. The molecular weight excluding hydrogens is 188 g/mol. The maximum absolute atomic E-state index is 10.6. The molecule has 0 unspecified atom stereocenters. The summed E-state index contributed by atoms with van der Waals surface area (Å²) in [5.74, 6) is 0. The topological polar surface area (TPSA) is 40.5 Å². The smallest absolute Gasteiger partial charge is 0.101 e. The highest BCUT2D eigenvalue weighted by atomic mass is 16.3. The Balaban J connectivity index is 2.42. The average molecular weight is 206 g/mol. The largest absolute Gasteiger partial charge is 0.393 e.